The lowest BCUT2D eigenvalue weighted by atomic mass is 10.3. The molecular formula is C13H15NO5S3. The molecule has 1 saturated heterocycles. The summed E-state index contributed by atoms with van der Waals surface area (Å²) in [6, 6.07) is 6.52. The monoisotopic (exact) mass is 361 g/mol. The summed E-state index contributed by atoms with van der Waals surface area (Å²) < 4.78 is 55.6. The Bertz CT molecular complexity index is 859. The van der Waals surface area contributed by atoms with Gasteiger partial charge >= 0.3 is 0 Å². The maximum atomic E-state index is 12.3. The number of sulfone groups is 1. The smallest absolute Gasteiger partial charge is 0.252 e. The Morgan fingerprint density at radius 3 is 2.50 bits per heavy atom. The van der Waals surface area contributed by atoms with Gasteiger partial charge in [0.15, 0.2) is 9.84 Å². The van der Waals surface area contributed by atoms with Gasteiger partial charge in [-0.05, 0) is 31.2 Å². The number of hydrogen-bond acceptors (Lipinski definition) is 6. The van der Waals surface area contributed by atoms with Crippen molar-refractivity contribution in [2.45, 2.75) is 22.1 Å². The Morgan fingerprint density at radius 1 is 1.23 bits per heavy atom. The number of furan rings is 1. The molecule has 0 unspecified atom stereocenters. The van der Waals surface area contributed by atoms with E-state index in [1.807, 2.05) is 6.92 Å². The van der Waals surface area contributed by atoms with Crippen LogP contribution in [0.4, 0.5) is 0 Å². The van der Waals surface area contributed by atoms with Crippen LogP contribution in [0, 0.1) is 6.92 Å². The van der Waals surface area contributed by atoms with E-state index in [0.29, 0.717) is 5.76 Å². The maximum absolute atomic E-state index is 12.3. The van der Waals surface area contributed by atoms with Crippen LogP contribution < -0.4 is 0 Å². The summed E-state index contributed by atoms with van der Waals surface area (Å²) in [5.74, 6) is 0.173. The molecule has 3 heterocycles. The quantitative estimate of drug-likeness (QED) is 0.808. The Labute approximate surface area is 133 Å². The number of aryl methyl sites for hydroxylation is 1. The van der Waals surface area contributed by atoms with Crippen LogP contribution in [0.1, 0.15) is 10.6 Å². The number of nitrogens with zero attached hydrogens (tertiary/aromatic N) is 1. The number of hydrogen-bond donors (Lipinski definition) is 0. The Hall–Kier alpha value is -1.16. The molecule has 0 aromatic carbocycles. The number of sulfonamides is 1. The van der Waals surface area contributed by atoms with Crippen molar-refractivity contribution < 1.29 is 21.3 Å². The van der Waals surface area contributed by atoms with Crippen LogP contribution in [-0.4, -0.2) is 39.5 Å². The van der Waals surface area contributed by atoms with Crippen molar-refractivity contribution in [1.82, 2.24) is 4.31 Å². The van der Waals surface area contributed by atoms with Gasteiger partial charge in [0.25, 0.3) is 10.0 Å². The summed E-state index contributed by atoms with van der Waals surface area (Å²) in [7, 11) is -6.99. The highest BCUT2D eigenvalue weighted by Gasteiger charge is 2.44. The van der Waals surface area contributed by atoms with E-state index in [1.54, 1.807) is 24.3 Å². The lowest BCUT2D eigenvalue weighted by Gasteiger charge is -2.36. The zero-order valence-electron chi connectivity index (χ0n) is 11.8. The highest BCUT2D eigenvalue weighted by atomic mass is 32.2. The summed E-state index contributed by atoms with van der Waals surface area (Å²) in [5.41, 5.74) is 0. The van der Waals surface area contributed by atoms with Gasteiger partial charge in [0.05, 0.1) is 11.5 Å². The van der Waals surface area contributed by atoms with Gasteiger partial charge in [-0.2, -0.15) is 4.31 Å². The zero-order chi connectivity index (χ0) is 16.0. The third kappa shape index (κ3) is 2.85. The van der Waals surface area contributed by atoms with E-state index in [0.717, 1.165) is 4.88 Å². The zero-order valence-corrected chi connectivity index (χ0v) is 14.2. The fourth-order valence-electron chi connectivity index (χ4n) is 2.21. The minimum absolute atomic E-state index is 0.00230. The Morgan fingerprint density at radius 2 is 1.95 bits per heavy atom. The highest BCUT2D eigenvalue weighted by molar-refractivity contribution is 7.92. The van der Waals surface area contributed by atoms with Crippen LogP contribution in [0.2, 0.25) is 0 Å². The SMILES string of the molecule is Cc1ccc(S(=O)(=O)N2CC(S(=O)(=O)Cc3ccco3)C2)s1. The van der Waals surface area contributed by atoms with E-state index < -0.39 is 25.1 Å². The lowest BCUT2D eigenvalue weighted by molar-refractivity contribution is 0.310. The van der Waals surface area contributed by atoms with E-state index in [1.165, 1.54) is 21.9 Å². The van der Waals surface area contributed by atoms with Crippen molar-refractivity contribution in [1.29, 1.82) is 0 Å². The summed E-state index contributed by atoms with van der Waals surface area (Å²) >= 11 is 1.19. The predicted molar refractivity (Wildman–Crippen MR) is 82.9 cm³/mol. The molecule has 0 atom stereocenters. The van der Waals surface area contributed by atoms with Gasteiger partial charge in [-0.3, -0.25) is 0 Å². The van der Waals surface area contributed by atoms with Crippen molar-refractivity contribution in [3.05, 3.63) is 41.2 Å². The first-order valence-corrected chi connectivity index (χ1v) is 10.6. The van der Waals surface area contributed by atoms with Gasteiger partial charge in [0, 0.05) is 18.0 Å². The molecule has 9 heteroatoms. The number of rotatable bonds is 5. The molecule has 3 rings (SSSR count). The van der Waals surface area contributed by atoms with Crippen LogP contribution in [0.25, 0.3) is 0 Å². The van der Waals surface area contributed by atoms with Gasteiger partial charge in [0.1, 0.15) is 15.7 Å². The fourth-order valence-corrected chi connectivity index (χ4v) is 6.98. The first-order chi connectivity index (χ1) is 10.3. The highest BCUT2D eigenvalue weighted by Crippen LogP contribution is 2.30. The van der Waals surface area contributed by atoms with Gasteiger partial charge in [-0.25, -0.2) is 16.8 Å². The average molecular weight is 361 g/mol. The minimum atomic E-state index is -3.57. The molecule has 120 valence electrons. The van der Waals surface area contributed by atoms with Gasteiger partial charge in [-0.1, -0.05) is 0 Å². The topological polar surface area (TPSA) is 84.7 Å². The van der Waals surface area contributed by atoms with Crippen molar-refractivity contribution in [2.24, 2.45) is 0 Å². The molecule has 0 aliphatic carbocycles. The first-order valence-electron chi connectivity index (χ1n) is 6.59. The van der Waals surface area contributed by atoms with Crippen LogP contribution in [0.5, 0.6) is 0 Å². The first kappa shape index (κ1) is 15.7. The average Bonchev–Trinajstić information content (AvgIpc) is 2.97. The summed E-state index contributed by atoms with van der Waals surface area (Å²) in [6.07, 6.45) is 1.42. The molecular weight excluding hydrogens is 346 g/mol. The number of thiophene rings is 1. The molecule has 1 aliphatic heterocycles. The lowest BCUT2D eigenvalue weighted by Crippen LogP contribution is -2.56. The second-order valence-corrected chi connectivity index (χ2v) is 10.9. The Balaban J connectivity index is 1.69. The predicted octanol–water partition coefficient (Wildman–Crippen LogP) is 1.64. The van der Waals surface area contributed by atoms with Crippen LogP contribution in [-0.2, 0) is 25.6 Å². The molecule has 0 spiro atoms. The molecule has 0 N–H and O–H groups in total. The van der Waals surface area contributed by atoms with E-state index in [2.05, 4.69) is 0 Å². The molecule has 2 aromatic rings. The fraction of sp³-hybridized carbons (Fsp3) is 0.385. The molecule has 1 aliphatic rings. The van der Waals surface area contributed by atoms with E-state index in [4.69, 9.17) is 4.42 Å². The van der Waals surface area contributed by atoms with E-state index in [-0.39, 0.29) is 23.1 Å². The van der Waals surface area contributed by atoms with Gasteiger partial charge in [-0.15, -0.1) is 11.3 Å². The van der Waals surface area contributed by atoms with Crippen molar-refractivity contribution in [3.63, 3.8) is 0 Å². The normalized spacial score (nSPS) is 17.5. The third-order valence-electron chi connectivity index (χ3n) is 3.56. The van der Waals surface area contributed by atoms with Gasteiger partial charge < -0.3 is 4.42 Å². The van der Waals surface area contributed by atoms with Crippen LogP contribution in [0.15, 0.2) is 39.2 Å². The van der Waals surface area contributed by atoms with Crippen LogP contribution >= 0.6 is 11.3 Å². The van der Waals surface area contributed by atoms with Crippen molar-refractivity contribution in [2.75, 3.05) is 13.1 Å². The van der Waals surface area contributed by atoms with Crippen LogP contribution in [0.3, 0.4) is 0 Å². The molecule has 1 fully saturated rings. The van der Waals surface area contributed by atoms with Crippen molar-refractivity contribution >= 4 is 31.2 Å². The van der Waals surface area contributed by atoms with Crippen molar-refractivity contribution in [3.8, 4) is 0 Å². The standard InChI is InChI=1S/C13H15NO5S3/c1-10-4-5-13(20-10)22(17,18)14-7-12(8-14)21(15,16)9-11-3-2-6-19-11/h2-6,12H,7-9H2,1H3. The van der Waals surface area contributed by atoms with Gasteiger partial charge in [0.2, 0.25) is 0 Å². The molecule has 0 amide bonds. The second-order valence-electron chi connectivity index (χ2n) is 5.20. The molecule has 0 radical (unpaired) electrons. The molecule has 0 saturated carbocycles. The van der Waals surface area contributed by atoms with E-state index in [9.17, 15) is 16.8 Å². The largest absolute Gasteiger partial charge is 0.468 e. The molecule has 0 bridgehead atoms. The maximum Gasteiger partial charge on any atom is 0.252 e. The third-order valence-corrected chi connectivity index (χ3v) is 8.86. The molecule has 2 aromatic heterocycles. The summed E-state index contributed by atoms with van der Waals surface area (Å²) in [4.78, 5) is 0.904. The van der Waals surface area contributed by atoms with E-state index >= 15 is 0 Å². The summed E-state index contributed by atoms with van der Waals surface area (Å²) in [6.45, 7) is 1.83. The second kappa shape index (κ2) is 5.48. The summed E-state index contributed by atoms with van der Waals surface area (Å²) in [5, 5.41) is -0.673. The Kier molecular flexibility index (Phi) is 3.92. The minimum Gasteiger partial charge on any atom is -0.468 e. The molecule has 22 heavy (non-hydrogen) atoms. The molecule has 6 nitrogen and oxygen atoms in total.